The molecule has 0 saturated carbocycles. The minimum absolute atomic E-state index is 0.0182. The number of hydrogen-bond acceptors (Lipinski definition) is 4. The molecular formula is C19H24N4O2S. The van der Waals surface area contributed by atoms with Gasteiger partial charge in [-0.3, -0.25) is 4.79 Å². The fourth-order valence-corrected chi connectivity index (χ4v) is 5.15. The molecule has 4 rings (SSSR count). The molecule has 0 spiro atoms. The number of likely N-dealkylation sites (tertiary alicyclic amines) is 1. The van der Waals surface area contributed by atoms with Crippen molar-refractivity contribution < 1.29 is 4.79 Å². The number of aromatic amines is 1. The minimum Gasteiger partial charge on any atom is -0.334 e. The van der Waals surface area contributed by atoms with Crippen LogP contribution in [0.1, 0.15) is 53.3 Å². The van der Waals surface area contributed by atoms with E-state index in [4.69, 9.17) is 0 Å². The van der Waals surface area contributed by atoms with Gasteiger partial charge in [-0.05, 0) is 55.0 Å². The molecule has 0 aromatic carbocycles. The number of fused-ring (bicyclic) bond motifs is 1. The minimum atomic E-state index is -0.140. The van der Waals surface area contributed by atoms with E-state index in [1.54, 1.807) is 6.07 Å². The summed E-state index contributed by atoms with van der Waals surface area (Å²) >= 11 is 1.83. The fraction of sp³-hybridized carbons (Fsp3) is 0.526. The van der Waals surface area contributed by atoms with E-state index in [2.05, 4.69) is 20.7 Å². The Morgan fingerprint density at radius 3 is 3.12 bits per heavy atom. The zero-order valence-corrected chi connectivity index (χ0v) is 15.6. The van der Waals surface area contributed by atoms with Crippen LogP contribution in [0.2, 0.25) is 0 Å². The number of aryl methyl sites for hydroxylation is 1. The van der Waals surface area contributed by atoms with Crippen LogP contribution >= 0.6 is 11.3 Å². The van der Waals surface area contributed by atoms with Crippen molar-refractivity contribution in [2.24, 2.45) is 0 Å². The van der Waals surface area contributed by atoms with E-state index in [1.165, 1.54) is 41.6 Å². The largest absolute Gasteiger partial charge is 0.334 e. The van der Waals surface area contributed by atoms with E-state index >= 15 is 0 Å². The highest BCUT2D eigenvalue weighted by Crippen LogP contribution is 2.30. The van der Waals surface area contributed by atoms with Crippen molar-refractivity contribution in [3.63, 3.8) is 0 Å². The summed E-state index contributed by atoms with van der Waals surface area (Å²) in [6, 6.07) is 1.53. The van der Waals surface area contributed by atoms with Crippen LogP contribution < -0.4 is 10.9 Å². The van der Waals surface area contributed by atoms with E-state index in [-0.39, 0.29) is 17.5 Å². The molecule has 138 valence electrons. The molecule has 2 aromatic rings. The van der Waals surface area contributed by atoms with Crippen LogP contribution in [-0.4, -0.2) is 34.0 Å². The molecule has 3 heterocycles. The Hall–Kier alpha value is -2.15. The number of aromatic nitrogens is 2. The van der Waals surface area contributed by atoms with Crippen molar-refractivity contribution in [2.45, 2.75) is 51.0 Å². The first-order chi connectivity index (χ1) is 12.7. The number of nitrogens with one attached hydrogen (secondary N) is 2. The average Bonchev–Trinajstić information content (AvgIpc) is 3.09. The van der Waals surface area contributed by atoms with Gasteiger partial charge in [0.1, 0.15) is 0 Å². The molecule has 2 N–H and O–H groups in total. The van der Waals surface area contributed by atoms with Crippen molar-refractivity contribution in [2.75, 3.05) is 13.1 Å². The summed E-state index contributed by atoms with van der Waals surface area (Å²) in [6.07, 6.45) is 8.19. The Morgan fingerprint density at radius 2 is 2.23 bits per heavy atom. The molecule has 2 amide bonds. The van der Waals surface area contributed by atoms with Gasteiger partial charge in [-0.2, -0.15) is 0 Å². The number of carbonyl (C=O) groups excluding carboxylic acids is 1. The number of urea groups is 1. The normalized spacial score (nSPS) is 19.8. The Labute approximate surface area is 156 Å². The molecule has 2 aliphatic rings. The predicted molar refractivity (Wildman–Crippen MR) is 102 cm³/mol. The first-order valence-corrected chi connectivity index (χ1v) is 10.2. The molecule has 2 aromatic heterocycles. The van der Waals surface area contributed by atoms with Gasteiger partial charge in [0.2, 0.25) is 0 Å². The molecule has 1 saturated heterocycles. The van der Waals surface area contributed by atoms with Gasteiger partial charge in [-0.25, -0.2) is 9.78 Å². The number of thiophene rings is 1. The highest BCUT2D eigenvalue weighted by Gasteiger charge is 2.26. The second-order valence-corrected chi connectivity index (χ2v) is 8.11. The lowest BCUT2D eigenvalue weighted by Gasteiger charge is -2.32. The van der Waals surface area contributed by atoms with Gasteiger partial charge in [0.25, 0.3) is 5.56 Å². The zero-order chi connectivity index (χ0) is 17.9. The molecule has 1 unspecified atom stereocenters. The van der Waals surface area contributed by atoms with Gasteiger partial charge in [0.15, 0.2) is 0 Å². The topological polar surface area (TPSA) is 78.1 Å². The molecule has 6 nitrogen and oxygen atoms in total. The van der Waals surface area contributed by atoms with Crippen LogP contribution in [0.4, 0.5) is 4.79 Å². The monoisotopic (exact) mass is 372 g/mol. The lowest BCUT2D eigenvalue weighted by atomic mass is 9.94. The number of carbonyl (C=O) groups is 1. The summed E-state index contributed by atoms with van der Waals surface area (Å²) in [5, 5.41) is 5.30. The SMILES string of the molecule is O=C(NCc1csc2c1CCCC2)N1CCCC(c2cc(=O)[nH]cn2)C1. The molecule has 1 atom stereocenters. The Kier molecular flexibility index (Phi) is 5.06. The van der Waals surface area contributed by atoms with Crippen LogP contribution in [0.5, 0.6) is 0 Å². The van der Waals surface area contributed by atoms with Crippen LogP contribution in [0.25, 0.3) is 0 Å². The second-order valence-electron chi connectivity index (χ2n) is 7.15. The number of H-pyrrole nitrogens is 1. The molecule has 1 fully saturated rings. The van der Waals surface area contributed by atoms with E-state index in [1.807, 2.05) is 16.2 Å². The van der Waals surface area contributed by atoms with Gasteiger partial charge < -0.3 is 15.2 Å². The van der Waals surface area contributed by atoms with E-state index in [0.717, 1.165) is 31.5 Å². The number of hydrogen-bond donors (Lipinski definition) is 2. The maximum Gasteiger partial charge on any atom is 0.317 e. The third kappa shape index (κ3) is 3.67. The predicted octanol–water partition coefficient (Wildman–Crippen LogP) is 2.80. The van der Waals surface area contributed by atoms with Gasteiger partial charge >= 0.3 is 6.03 Å². The second kappa shape index (κ2) is 7.61. The summed E-state index contributed by atoms with van der Waals surface area (Å²) in [4.78, 5) is 34.3. The van der Waals surface area contributed by atoms with Crippen molar-refractivity contribution in [1.82, 2.24) is 20.2 Å². The molecule has 26 heavy (non-hydrogen) atoms. The number of amides is 2. The van der Waals surface area contributed by atoms with Crippen molar-refractivity contribution in [3.8, 4) is 0 Å². The van der Waals surface area contributed by atoms with E-state index in [9.17, 15) is 9.59 Å². The summed E-state index contributed by atoms with van der Waals surface area (Å²) in [7, 11) is 0. The smallest absolute Gasteiger partial charge is 0.317 e. The highest BCUT2D eigenvalue weighted by molar-refractivity contribution is 7.10. The summed E-state index contributed by atoms with van der Waals surface area (Å²) in [5.41, 5.74) is 3.38. The molecule has 7 heteroatoms. The van der Waals surface area contributed by atoms with Crippen molar-refractivity contribution in [1.29, 1.82) is 0 Å². The maximum atomic E-state index is 12.6. The lowest BCUT2D eigenvalue weighted by molar-refractivity contribution is 0.178. The Bertz CT molecular complexity index is 844. The van der Waals surface area contributed by atoms with Crippen LogP contribution in [0.3, 0.4) is 0 Å². The van der Waals surface area contributed by atoms with Crippen molar-refractivity contribution in [3.05, 3.63) is 49.8 Å². The van der Waals surface area contributed by atoms with Crippen LogP contribution in [0, 0.1) is 0 Å². The molecule has 1 aliphatic heterocycles. The number of piperidine rings is 1. The summed E-state index contributed by atoms with van der Waals surface area (Å²) in [6.45, 7) is 1.98. The standard InChI is InChI=1S/C19H24N4O2S/c24-18-8-16(21-12-22-18)13-4-3-7-23(10-13)19(25)20-9-14-11-26-17-6-2-1-5-15(14)17/h8,11-13H,1-7,9-10H2,(H,20,25)(H,21,22,24). The zero-order valence-electron chi connectivity index (χ0n) is 14.8. The van der Waals surface area contributed by atoms with E-state index in [0.29, 0.717) is 13.1 Å². The molecular weight excluding hydrogens is 348 g/mol. The molecule has 0 bridgehead atoms. The molecule has 0 radical (unpaired) electrons. The maximum absolute atomic E-state index is 12.6. The van der Waals surface area contributed by atoms with Gasteiger partial charge in [-0.15, -0.1) is 11.3 Å². The van der Waals surface area contributed by atoms with Crippen molar-refractivity contribution >= 4 is 17.4 Å². The van der Waals surface area contributed by atoms with Crippen LogP contribution in [0.15, 0.2) is 22.6 Å². The third-order valence-corrected chi connectivity index (χ3v) is 6.54. The first-order valence-electron chi connectivity index (χ1n) is 9.36. The quantitative estimate of drug-likeness (QED) is 0.870. The fourth-order valence-electron chi connectivity index (χ4n) is 4.00. The summed E-state index contributed by atoms with van der Waals surface area (Å²) in [5.74, 6) is 0.130. The first kappa shape index (κ1) is 17.3. The average molecular weight is 372 g/mol. The van der Waals surface area contributed by atoms with E-state index < -0.39 is 0 Å². The van der Waals surface area contributed by atoms with Gasteiger partial charge in [-0.1, -0.05) is 0 Å². The summed E-state index contributed by atoms with van der Waals surface area (Å²) < 4.78 is 0. The molecule has 1 aliphatic carbocycles. The Morgan fingerprint density at radius 1 is 1.35 bits per heavy atom. The van der Waals surface area contributed by atoms with Gasteiger partial charge in [0, 0.05) is 36.5 Å². The van der Waals surface area contributed by atoms with Crippen LogP contribution in [-0.2, 0) is 19.4 Å². The lowest BCUT2D eigenvalue weighted by Crippen LogP contribution is -2.45. The number of rotatable bonds is 3. The van der Waals surface area contributed by atoms with Gasteiger partial charge in [0.05, 0.1) is 12.0 Å². The number of nitrogens with zero attached hydrogens (tertiary/aromatic N) is 2. The Balaban J connectivity index is 1.37. The highest BCUT2D eigenvalue weighted by atomic mass is 32.1. The third-order valence-electron chi connectivity index (χ3n) is 5.40.